The Morgan fingerprint density at radius 1 is 1.50 bits per heavy atom. The molecular formula is C12H24N2OS. The van der Waals surface area contributed by atoms with Crippen LogP contribution >= 0.6 is 11.8 Å². The Kier molecular flexibility index (Phi) is 6.88. The molecular weight excluding hydrogens is 220 g/mol. The van der Waals surface area contributed by atoms with Gasteiger partial charge in [0.2, 0.25) is 5.91 Å². The van der Waals surface area contributed by atoms with E-state index >= 15 is 0 Å². The van der Waals surface area contributed by atoms with Gasteiger partial charge in [0.25, 0.3) is 0 Å². The van der Waals surface area contributed by atoms with Crippen LogP contribution in [0.15, 0.2) is 0 Å². The van der Waals surface area contributed by atoms with Gasteiger partial charge < -0.3 is 10.6 Å². The molecule has 0 spiro atoms. The summed E-state index contributed by atoms with van der Waals surface area (Å²) in [6.45, 7) is 3.87. The van der Waals surface area contributed by atoms with Crippen molar-refractivity contribution in [3.05, 3.63) is 0 Å². The Labute approximate surface area is 103 Å². The van der Waals surface area contributed by atoms with Crippen LogP contribution in [0.25, 0.3) is 0 Å². The van der Waals surface area contributed by atoms with Crippen molar-refractivity contribution in [3.63, 3.8) is 0 Å². The van der Waals surface area contributed by atoms with Gasteiger partial charge in [-0.2, -0.15) is 11.8 Å². The topological polar surface area (TPSA) is 46.3 Å². The Bertz CT molecular complexity index is 211. The van der Waals surface area contributed by atoms with Crippen LogP contribution in [0.2, 0.25) is 0 Å². The molecule has 1 amide bonds. The Morgan fingerprint density at radius 2 is 2.31 bits per heavy atom. The van der Waals surface area contributed by atoms with Crippen molar-refractivity contribution in [2.75, 3.05) is 24.6 Å². The van der Waals surface area contributed by atoms with Crippen LogP contribution in [0.1, 0.15) is 39.0 Å². The van der Waals surface area contributed by atoms with Crippen LogP contribution in [0.4, 0.5) is 0 Å². The minimum Gasteiger partial charge on any atom is -0.341 e. The molecule has 0 radical (unpaired) electrons. The first kappa shape index (κ1) is 13.8. The SMILES string of the molecule is CCCCSCCC(=O)N1CCCC(N)C1. The molecule has 0 bridgehead atoms. The quantitative estimate of drug-likeness (QED) is 0.725. The number of unbranched alkanes of at least 4 members (excludes halogenated alkanes) is 1. The van der Waals surface area contributed by atoms with Gasteiger partial charge in [-0.3, -0.25) is 4.79 Å². The van der Waals surface area contributed by atoms with Gasteiger partial charge in [0, 0.05) is 31.3 Å². The van der Waals surface area contributed by atoms with E-state index in [1.54, 1.807) is 0 Å². The largest absolute Gasteiger partial charge is 0.341 e. The van der Waals surface area contributed by atoms with Crippen molar-refractivity contribution < 1.29 is 4.79 Å². The van der Waals surface area contributed by atoms with Crippen LogP contribution in [0, 0.1) is 0 Å². The molecule has 0 aliphatic carbocycles. The number of likely N-dealkylation sites (tertiary alicyclic amines) is 1. The molecule has 16 heavy (non-hydrogen) atoms. The summed E-state index contributed by atoms with van der Waals surface area (Å²) in [7, 11) is 0. The summed E-state index contributed by atoms with van der Waals surface area (Å²) in [6, 6.07) is 0.199. The van der Waals surface area contributed by atoms with Crippen LogP contribution in [0.3, 0.4) is 0 Å². The molecule has 4 heteroatoms. The van der Waals surface area contributed by atoms with E-state index in [4.69, 9.17) is 5.73 Å². The van der Waals surface area contributed by atoms with Gasteiger partial charge in [-0.05, 0) is 25.0 Å². The highest BCUT2D eigenvalue weighted by Gasteiger charge is 2.20. The van der Waals surface area contributed by atoms with E-state index in [-0.39, 0.29) is 6.04 Å². The third-order valence-electron chi connectivity index (χ3n) is 2.91. The molecule has 1 heterocycles. The Balaban J connectivity index is 2.09. The number of rotatable bonds is 6. The lowest BCUT2D eigenvalue weighted by Gasteiger charge is -2.30. The third-order valence-corrected chi connectivity index (χ3v) is 3.98. The first-order valence-corrected chi connectivity index (χ1v) is 7.50. The highest BCUT2D eigenvalue weighted by molar-refractivity contribution is 7.99. The zero-order chi connectivity index (χ0) is 11.8. The van der Waals surface area contributed by atoms with E-state index in [1.807, 2.05) is 16.7 Å². The van der Waals surface area contributed by atoms with Gasteiger partial charge in [-0.25, -0.2) is 0 Å². The molecule has 1 unspecified atom stereocenters. The fraction of sp³-hybridized carbons (Fsp3) is 0.917. The fourth-order valence-corrected chi connectivity index (χ4v) is 2.92. The maximum Gasteiger partial charge on any atom is 0.223 e. The molecule has 2 N–H and O–H groups in total. The number of carbonyl (C=O) groups is 1. The number of piperidine rings is 1. The molecule has 0 aromatic rings. The molecule has 0 aromatic carbocycles. The van der Waals surface area contributed by atoms with Gasteiger partial charge in [0.1, 0.15) is 0 Å². The number of hydrogen-bond acceptors (Lipinski definition) is 3. The first-order chi connectivity index (χ1) is 7.74. The van der Waals surface area contributed by atoms with Crippen molar-refractivity contribution in [1.82, 2.24) is 4.90 Å². The zero-order valence-corrected chi connectivity index (χ0v) is 11.1. The molecule has 1 atom stereocenters. The lowest BCUT2D eigenvalue weighted by Crippen LogP contribution is -2.45. The Morgan fingerprint density at radius 3 is 3.00 bits per heavy atom. The molecule has 0 saturated carbocycles. The number of amides is 1. The van der Waals surface area contributed by atoms with E-state index in [1.165, 1.54) is 18.6 Å². The molecule has 0 aromatic heterocycles. The van der Waals surface area contributed by atoms with Gasteiger partial charge in [0.15, 0.2) is 0 Å². The average molecular weight is 244 g/mol. The Hall–Kier alpha value is -0.220. The standard InChI is InChI=1S/C12H24N2OS/c1-2-3-8-16-9-6-12(15)14-7-4-5-11(13)10-14/h11H,2-10,13H2,1H3. The normalized spacial score (nSPS) is 21.1. The molecule has 1 fully saturated rings. The van der Waals surface area contributed by atoms with Gasteiger partial charge in [-0.15, -0.1) is 0 Å². The van der Waals surface area contributed by atoms with E-state index < -0.39 is 0 Å². The van der Waals surface area contributed by atoms with Crippen molar-refractivity contribution in [2.24, 2.45) is 5.73 Å². The summed E-state index contributed by atoms with van der Waals surface area (Å²) in [5, 5.41) is 0. The van der Waals surface area contributed by atoms with Crippen LogP contribution < -0.4 is 5.73 Å². The van der Waals surface area contributed by atoms with E-state index in [0.717, 1.165) is 31.7 Å². The minimum atomic E-state index is 0.199. The van der Waals surface area contributed by atoms with Crippen LogP contribution in [-0.2, 0) is 4.79 Å². The molecule has 1 aliphatic heterocycles. The summed E-state index contributed by atoms with van der Waals surface area (Å²) >= 11 is 1.89. The second-order valence-corrected chi connectivity index (χ2v) is 5.68. The van der Waals surface area contributed by atoms with Crippen LogP contribution in [0.5, 0.6) is 0 Å². The molecule has 1 rings (SSSR count). The summed E-state index contributed by atoms with van der Waals surface area (Å²) in [4.78, 5) is 13.8. The summed E-state index contributed by atoms with van der Waals surface area (Å²) in [5.41, 5.74) is 5.86. The van der Waals surface area contributed by atoms with Gasteiger partial charge >= 0.3 is 0 Å². The molecule has 94 valence electrons. The molecule has 3 nitrogen and oxygen atoms in total. The second kappa shape index (κ2) is 7.96. The lowest BCUT2D eigenvalue weighted by atomic mass is 10.1. The molecule has 1 saturated heterocycles. The number of hydrogen-bond donors (Lipinski definition) is 1. The first-order valence-electron chi connectivity index (χ1n) is 6.35. The van der Waals surface area contributed by atoms with Gasteiger partial charge in [-0.1, -0.05) is 13.3 Å². The highest BCUT2D eigenvalue weighted by atomic mass is 32.2. The number of nitrogens with zero attached hydrogens (tertiary/aromatic N) is 1. The van der Waals surface area contributed by atoms with E-state index in [9.17, 15) is 4.79 Å². The predicted octanol–water partition coefficient (Wildman–Crippen LogP) is 1.86. The molecule has 1 aliphatic rings. The monoisotopic (exact) mass is 244 g/mol. The number of thioether (sulfide) groups is 1. The maximum atomic E-state index is 11.8. The average Bonchev–Trinajstić information content (AvgIpc) is 2.28. The smallest absolute Gasteiger partial charge is 0.223 e. The third kappa shape index (κ3) is 5.21. The van der Waals surface area contributed by atoms with Crippen LogP contribution in [-0.4, -0.2) is 41.4 Å². The maximum absolute atomic E-state index is 11.8. The van der Waals surface area contributed by atoms with E-state index in [0.29, 0.717) is 12.3 Å². The van der Waals surface area contributed by atoms with E-state index in [2.05, 4.69) is 6.92 Å². The second-order valence-electron chi connectivity index (χ2n) is 4.46. The number of carbonyl (C=O) groups excluding carboxylic acids is 1. The van der Waals surface area contributed by atoms with Crippen molar-refractivity contribution >= 4 is 17.7 Å². The summed E-state index contributed by atoms with van der Waals surface area (Å²) in [5.74, 6) is 2.44. The van der Waals surface area contributed by atoms with Gasteiger partial charge in [0.05, 0.1) is 0 Å². The fourth-order valence-electron chi connectivity index (χ4n) is 1.90. The lowest BCUT2D eigenvalue weighted by molar-refractivity contribution is -0.131. The number of nitrogens with two attached hydrogens (primary N) is 1. The summed E-state index contributed by atoms with van der Waals surface area (Å²) < 4.78 is 0. The van der Waals surface area contributed by atoms with Crippen molar-refractivity contribution in [3.8, 4) is 0 Å². The highest BCUT2D eigenvalue weighted by Crippen LogP contribution is 2.12. The van der Waals surface area contributed by atoms with Crippen molar-refractivity contribution in [1.29, 1.82) is 0 Å². The zero-order valence-electron chi connectivity index (χ0n) is 10.3. The van der Waals surface area contributed by atoms with Crippen molar-refractivity contribution in [2.45, 2.75) is 45.1 Å². The minimum absolute atomic E-state index is 0.199. The predicted molar refractivity (Wildman–Crippen MR) is 70.6 cm³/mol. The summed E-state index contributed by atoms with van der Waals surface area (Å²) in [6.07, 6.45) is 5.31.